The van der Waals surface area contributed by atoms with Crippen molar-refractivity contribution in [3.8, 4) is 0 Å². The molecule has 0 aromatic heterocycles. The van der Waals surface area contributed by atoms with E-state index in [9.17, 15) is 9.59 Å². The van der Waals surface area contributed by atoms with Gasteiger partial charge >= 0.3 is 0 Å². The molecule has 2 rings (SSSR count). The molecular weight excluding hydrogens is 180 g/mol. The fourth-order valence-electron chi connectivity index (χ4n) is 2.40. The molecule has 0 bridgehead atoms. The van der Waals surface area contributed by atoms with Crippen molar-refractivity contribution >= 4 is 11.7 Å². The van der Waals surface area contributed by atoms with Gasteiger partial charge in [0.05, 0.1) is 12.5 Å². The molecule has 1 amide bonds. The Morgan fingerprint density at radius 1 is 1.29 bits per heavy atom. The van der Waals surface area contributed by atoms with Gasteiger partial charge in [-0.1, -0.05) is 13.8 Å². The molecule has 2 saturated heterocycles. The Kier molecular flexibility index (Phi) is 1.63. The lowest BCUT2D eigenvalue weighted by Gasteiger charge is -2.66. The molecule has 78 valence electrons. The highest BCUT2D eigenvalue weighted by Gasteiger charge is 2.65. The summed E-state index contributed by atoms with van der Waals surface area (Å²) >= 11 is 0. The van der Waals surface area contributed by atoms with Crippen LogP contribution in [-0.2, 0) is 9.59 Å². The first-order valence-corrected chi connectivity index (χ1v) is 4.90. The number of fused-ring (bicyclic) bond motifs is 1. The number of Topliss-reactive ketones (excluding diaryl/α,β-unsaturated/α-hetero) is 1. The van der Waals surface area contributed by atoms with Gasteiger partial charge in [0.1, 0.15) is 0 Å². The zero-order valence-corrected chi connectivity index (χ0v) is 9.05. The molecule has 1 N–H and O–H groups in total. The van der Waals surface area contributed by atoms with Crippen molar-refractivity contribution in [3.63, 3.8) is 0 Å². The SMILES string of the molecule is CC1(C)C2C(=O)CC(=O)NN2C1(C)C. The number of hydrogen-bond donors (Lipinski definition) is 1. The summed E-state index contributed by atoms with van der Waals surface area (Å²) in [5.41, 5.74) is 2.54. The van der Waals surface area contributed by atoms with Crippen molar-refractivity contribution in [1.82, 2.24) is 10.4 Å². The molecule has 4 nitrogen and oxygen atoms in total. The quantitative estimate of drug-likeness (QED) is 0.573. The molecule has 0 aromatic carbocycles. The molecule has 1 atom stereocenters. The molecule has 4 heteroatoms. The van der Waals surface area contributed by atoms with E-state index in [2.05, 4.69) is 19.3 Å². The molecule has 14 heavy (non-hydrogen) atoms. The average Bonchev–Trinajstić information content (AvgIpc) is 2.01. The van der Waals surface area contributed by atoms with Gasteiger partial charge in [0.2, 0.25) is 5.91 Å². The van der Waals surface area contributed by atoms with Gasteiger partial charge < -0.3 is 0 Å². The molecule has 1 unspecified atom stereocenters. The summed E-state index contributed by atoms with van der Waals surface area (Å²) < 4.78 is 0. The van der Waals surface area contributed by atoms with Crippen LogP contribution in [-0.4, -0.2) is 28.3 Å². The Morgan fingerprint density at radius 3 is 2.43 bits per heavy atom. The van der Waals surface area contributed by atoms with Gasteiger partial charge in [0.25, 0.3) is 0 Å². The number of nitrogens with zero attached hydrogens (tertiary/aromatic N) is 1. The molecule has 0 saturated carbocycles. The largest absolute Gasteiger partial charge is 0.297 e. The van der Waals surface area contributed by atoms with Gasteiger partial charge in [-0.15, -0.1) is 0 Å². The number of hydrazine groups is 1. The highest BCUT2D eigenvalue weighted by atomic mass is 16.2. The molecule has 0 aliphatic carbocycles. The Labute approximate surface area is 83.6 Å². The summed E-state index contributed by atoms with van der Waals surface area (Å²) in [7, 11) is 0. The summed E-state index contributed by atoms with van der Waals surface area (Å²) in [5, 5.41) is 1.79. The van der Waals surface area contributed by atoms with Gasteiger partial charge in [-0.25, -0.2) is 5.01 Å². The summed E-state index contributed by atoms with van der Waals surface area (Å²) in [4.78, 5) is 22.9. The van der Waals surface area contributed by atoms with Crippen molar-refractivity contribution < 1.29 is 9.59 Å². The zero-order valence-electron chi connectivity index (χ0n) is 9.05. The first kappa shape index (κ1) is 9.65. The molecule has 0 spiro atoms. The van der Waals surface area contributed by atoms with Crippen LogP contribution < -0.4 is 5.43 Å². The van der Waals surface area contributed by atoms with Gasteiger partial charge in [-0.05, 0) is 13.8 Å². The van der Waals surface area contributed by atoms with E-state index >= 15 is 0 Å². The van der Waals surface area contributed by atoms with E-state index in [1.165, 1.54) is 0 Å². The third-order valence-electron chi connectivity index (χ3n) is 4.01. The Balaban J connectivity index is 2.33. The van der Waals surface area contributed by atoms with Crippen molar-refractivity contribution in [3.05, 3.63) is 0 Å². The fraction of sp³-hybridized carbons (Fsp3) is 0.800. The second-order valence-corrected chi connectivity index (χ2v) is 5.23. The summed E-state index contributed by atoms with van der Waals surface area (Å²) in [6.07, 6.45) is 0.0284. The Morgan fingerprint density at radius 2 is 1.86 bits per heavy atom. The van der Waals surface area contributed by atoms with E-state index in [0.29, 0.717) is 0 Å². The number of carbonyl (C=O) groups excluding carboxylic acids is 2. The first-order chi connectivity index (χ1) is 6.28. The third-order valence-corrected chi connectivity index (χ3v) is 4.01. The normalized spacial score (nSPS) is 34.4. The topological polar surface area (TPSA) is 49.4 Å². The van der Waals surface area contributed by atoms with Crippen molar-refractivity contribution in [2.45, 2.75) is 45.7 Å². The van der Waals surface area contributed by atoms with E-state index in [0.717, 1.165) is 0 Å². The van der Waals surface area contributed by atoms with Crippen molar-refractivity contribution in [2.24, 2.45) is 5.41 Å². The molecule has 2 fully saturated rings. The number of carbonyl (C=O) groups is 2. The molecule has 0 aromatic rings. The van der Waals surface area contributed by atoms with E-state index in [1.54, 1.807) is 5.01 Å². The molecular formula is C10H16N2O2. The van der Waals surface area contributed by atoms with Crippen LogP contribution in [0.15, 0.2) is 0 Å². The van der Waals surface area contributed by atoms with Gasteiger partial charge in [0.15, 0.2) is 5.78 Å². The Hall–Kier alpha value is -0.900. The molecule has 0 radical (unpaired) electrons. The number of nitrogens with one attached hydrogen (secondary N) is 1. The first-order valence-electron chi connectivity index (χ1n) is 4.90. The number of ketones is 1. The second-order valence-electron chi connectivity index (χ2n) is 5.23. The van der Waals surface area contributed by atoms with Crippen LogP contribution in [0.2, 0.25) is 0 Å². The highest BCUT2D eigenvalue weighted by Crippen LogP contribution is 2.52. The summed E-state index contributed by atoms with van der Waals surface area (Å²) in [6.45, 7) is 8.23. The lowest BCUT2D eigenvalue weighted by Crippen LogP contribution is -2.83. The highest BCUT2D eigenvalue weighted by molar-refractivity contribution is 6.03. The zero-order chi connectivity index (χ0) is 10.7. The van der Waals surface area contributed by atoms with Crippen molar-refractivity contribution in [2.75, 3.05) is 0 Å². The predicted molar refractivity (Wildman–Crippen MR) is 51.3 cm³/mol. The van der Waals surface area contributed by atoms with E-state index < -0.39 is 0 Å². The van der Waals surface area contributed by atoms with Crippen LogP contribution in [0.5, 0.6) is 0 Å². The number of rotatable bonds is 0. The summed E-state index contributed by atoms with van der Waals surface area (Å²) in [5.74, 6) is -0.145. The minimum Gasteiger partial charge on any atom is -0.297 e. The smallest absolute Gasteiger partial charge is 0.241 e. The maximum absolute atomic E-state index is 11.7. The number of hydrogen-bond acceptors (Lipinski definition) is 3. The van der Waals surface area contributed by atoms with E-state index in [-0.39, 0.29) is 35.1 Å². The van der Waals surface area contributed by atoms with Crippen LogP contribution in [0.4, 0.5) is 0 Å². The van der Waals surface area contributed by atoms with Gasteiger partial charge in [-0.2, -0.15) is 0 Å². The molecule has 2 heterocycles. The lowest BCUT2D eigenvalue weighted by atomic mass is 9.58. The second kappa shape index (κ2) is 2.37. The van der Waals surface area contributed by atoms with E-state index in [4.69, 9.17) is 0 Å². The minimum absolute atomic E-state index is 0.0284. The number of amides is 1. The van der Waals surface area contributed by atoms with E-state index in [1.807, 2.05) is 13.8 Å². The third kappa shape index (κ3) is 0.869. The van der Waals surface area contributed by atoms with Gasteiger partial charge in [-0.3, -0.25) is 15.0 Å². The maximum Gasteiger partial charge on any atom is 0.241 e. The van der Waals surface area contributed by atoms with Crippen LogP contribution in [0.3, 0.4) is 0 Å². The minimum atomic E-state index is -0.185. The lowest BCUT2D eigenvalue weighted by molar-refractivity contribution is -0.215. The average molecular weight is 196 g/mol. The molecule has 2 aliphatic heterocycles. The van der Waals surface area contributed by atoms with Gasteiger partial charge in [0, 0.05) is 11.0 Å². The van der Waals surface area contributed by atoms with Crippen LogP contribution in [0.1, 0.15) is 34.1 Å². The molecule has 2 aliphatic rings. The summed E-state index contributed by atoms with van der Waals surface area (Å²) in [6, 6.07) is -0.143. The monoisotopic (exact) mass is 196 g/mol. The standard InChI is InChI=1S/C10H16N2O2/c1-9(2)8-6(13)5-7(14)11-12(8)10(9,3)4/h8H,5H2,1-4H3,(H,11,14). The maximum atomic E-state index is 11.7. The fourth-order valence-corrected chi connectivity index (χ4v) is 2.40. The van der Waals surface area contributed by atoms with Crippen LogP contribution in [0, 0.1) is 5.41 Å². The van der Waals surface area contributed by atoms with Crippen LogP contribution in [0.25, 0.3) is 0 Å². The Bertz CT molecular complexity index is 320. The van der Waals surface area contributed by atoms with Crippen molar-refractivity contribution in [1.29, 1.82) is 0 Å². The van der Waals surface area contributed by atoms with Crippen LogP contribution >= 0.6 is 0 Å². The predicted octanol–water partition coefficient (Wildman–Crippen LogP) is 0.479.